The topological polar surface area (TPSA) is 16.3 Å². The minimum Gasteiger partial charge on any atom is -0.311 e. The highest BCUT2D eigenvalue weighted by Crippen LogP contribution is 2.52. The zero-order chi connectivity index (χ0) is 80.3. The van der Waals surface area contributed by atoms with Gasteiger partial charge in [-0.25, -0.2) is 0 Å². The lowest BCUT2D eigenvalue weighted by Gasteiger charge is -2.44. The van der Waals surface area contributed by atoms with Crippen molar-refractivity contribution in [3.63, 3.8) is 0 Å². The van der Waals surface area contributed by atoms with Gasteiger partial charge in [-0.1, -0.05) is 294 Å². The van der Waals surface area contributed by atoms with E-state index < -0.39 is 0 Å². The number of hydrogen-bond acceptors (Lipinski definition) is 2. The summed E-state index contributed by atoms with van der Waals surface area (Å²) in [7, 11) is 0. The van der Waals surface area contributed by atoms with Crippen LogP contribution in [0.1, 0.15) is 236 Å². The van der Waals surface area contributed by atoms with E-state index in [1.165, 1.54) is 162 Å². The molecule has 4 nitrogen and oxygen atoms in total. The molecule has 0 fully saturated rings. The highest BCUT2D eigenvalue weighted by Gasteiger charge is 2.45. The van der Waals surface area contributed by atoms with Crippen molar-refractivity contribution in [2.24, 2.45) is 0 Å². The van der Waals surface area contributed by atoms with Crippen molar-refractivity contribution in [3.05, 3.63) is 281 Å². The molecule has 0 radical (unpaired) electrons. The van der Waals surface area contributed by atoms with Gasteiger partial charge in [-0.15, -0.1) is 0 Å². The number of fused-ring (bicyclic) bond motifs is 11. The minimum absolute atomic E-state index is 0.0309. The Morgan fingerprint density at radius 1 is 0.239 bits per heavy atom. The number of benzene rings is 12. The molecule has 1 aliphatic carbocycles. The SMILES string of the molecule is CC(C)(C)c1ccc(-c2cc3c4c(c2)N(c2ccc(-c5ccc6c(c5)C(C)(C)CCC6(C)C)cc2)c2cc(-n5c6ccc(C(C)(C)C)cc6c6cc(C(C)(C)C)ccc65)ccc2B4c2ccc(-n4c5ccc(C(C)(C)C)cc5c5cc(C(C)(C)C)ccc54)cc2N3c2ccc(-c3cc(C(C)(C)C)cc(C(C)(C)C)c3)cc2)cc1. The summed E-state index contributed by atoms with van der Waals surface area (Å²) < 4.78 is 5.13. The molecule has 0 bridgehead atoms. The Morgan fingerprint density at radius 2 is 0.540 bits per heavy atom. The first-order valence-corrected chi connectivity index (χ1v) is 41.8. The second-order valence-corrected chi connectivity index (χ2v) is 42.4. The normalized spacial score (nSPS) is 15.1. The van der Waals surface area contributed by atoms with Crippen LogP contribution in [0.5, 0.6) is 0 Å². The predicted molar refractivity (Wildman–Crippen MR) is 492 cm³/mol. The van der Waals surface area contributed by atoms with Gasteiger partial charge in [-0.3, -0.25) is 0 Å². The van der Waals surface area contributed by atoms with Crippen LogP contribution in [0.4, 0.5) is 34.1 Å². The van der Waals surface area contributed by atoms with Crippen molar-refractivity contribution < 1.29 is 0 Å². The number of rotatable bonds is 7. The Balaban J connectivity index is 0.964. The van der Waals surface area contributed by atoms with Gasteiger partial charge in [0.25, 0.3) is 6.71 Å². The van der Waals surface area contributed by atoms with Gasteiger partial charge in [0.1, 0.15) is 0 Å². The van der Waals surface area contributed by atoms with Crippen molar-refractivity contribution in [1.29, 1.82) is 0 Å². The van der Waals surface area contributed by atoms with Crippen molar-refractivity contribution in [2.75, 3.05) is 9.80 Å². The van der Waals surface area contributed by atoms with E-state index in [4.69, 9.17) is 0 Å². The Hall–Kier alpha value is -10.1. The second-order valence-electron chi connectivity index (χ2n) is 42.4. The van der Waals surface area contributed by atoms with Crippen LogP contribution in [0, 0.1) is 0 Å². The van der Waals surface area contributed by atoms with Crippen molar-refractivity contribution in [2.45, 2.75) is 235 Å². The largest absolute Gasteiger partial charge is 0.311 e. The number of aromatic nitrogens is 2. The van der Waals surface area contributed by atoms with Gasteiger partial charge in [-0.05, 0) is 271 Å². The monoisotopic (exact) mass is 1480 g/mol. The third-order valence-electron chi connectivity index (χ3n) is 26.1. The molecule has 0 unspecified atom stereocenters. The Labute approximate surface area is 675 Å². The maximum absolute atomic E-state index is 2.65. The Kier molecular flexibility index (Phi) is 17.2. The van der Waals surface area contributed by atoms with Crippen LogP contribution < -0.4 is 26.2 Å². The van der Waals surface area contributed by atoms with E-state index in [1.54, 1.807) is 0 Å². The van der Waals surface area contributed by atoms with Gasteiger partial charge in [0, 0.05) is 67.0 Å². The third-order valence-corrected chi connectivity index (χ3v) is 26.1. The summed E-state index contributed by atoms with van der Waals surface area (Å²) >= 11 is 0. The molecule has 5 heteroatoms. The molecule has 113 heavy (non-hydrogen) atoms. The summed E-state index contributed by atoms with van der Waals surface area (Å²) in [5.74, 6) is 0. The smallest absolute Gasteiger partial charge is 0.252 e. The summed E-state index contributed by atoms with van der Waals surface area (Å²) in [5.41, 5.74) is 37.2. The molecule has 572 valence electrons. The molecule has 0 N–H and O–H groups in total. The Bertz CT molecular complexity index is 6020. The summed E-state index contributed by atoms with van der Waals surface area (Å²) in [5, 5.41) is 5.11. The number of anilines is 6. The molecule has 17 rings (SSSR count). The van der Waals surface area contributed by atoms with Gasteiger partial charge < -0.3 is 18.9 Å². The van der Waals surface area contributed by atoms with E-state index in [0.717, 1.165) is 39.7 Å². The van der Waals surface area contributed by atoms with Crippen LogP contribution >= 0.6 is 0 Å². The van der Waals surface area contributed by atoms with Gasteiger partial charge in [0.2, 0.25) is 0 Å². The quantitative estimate of drug-likeness (QED) is 0.148. The number of hydrogen-bond donors (Lipinski definition) is 0. The van der Waals surface area contributed by atoms with Crippen LogP contribution in [0.3, 0.4) is 0 Å². The standard InChI is InChI=1S/C108H117BN4/c1-100(2,3)72-33-26-67(27-34-72)71-57-97-99-98(58-71)111(80-41-30-68(31-42-80)70-54-77(105(16,17)18)59-78(55-70)106(19,20)21)96-65-82(113-93-50-37-75(103(10,11)12)62-85(93)86-63-76(104(13,14)15)38-51-94(86)113)44-47-90(96)109(99)89-46-43-81(112-91-48-35-73(101(4,5)6)60-83(91)84-61-74(102(7,8)9)36-49-92(84)112)64-95(89)110(97)79-39-28-66(29-40-79)69-32-45-87-88(56-69)108(24,25)53-52-107(87,22)23/h26-51,54-65H,52-53H2,1-25H3. The molecule has 4 heterocycles. The molecule has 3 aliphatic rings. The zero-order valence-corrected chi connectivity index (χ0v) is 72.2. The van der Waals surface area contributed by atoms with Crippen LogP contribution in [0.25, 0.3) is 88.4 Å². The minimum atomic E-state index is -0.181. The zero-order valence-electron chi connectivity index (χ0n) is 72.2. The van der Waals surface area contributed by atoms with E-state index in [1.807, 2.05) is 0 Å². The third kappa shape index (κ3) is 13.0. The van der Waals surface area contributed by atoms with Crippen molar-refractivity contribution in [3.8, 4) is 44.8 Å². The highest BCUT2D eigenvalue weighted by molar-refractivity contribution is 7.00. The van der Waals surface area contributed by atoms with Crippen LogP contribution in [0.2, 0.25) is 0 Å². The van der Waals surface area contributed by atoms with E-state index in [-0.39, 0.29) is 55.4 Å². The summed E-state index contributed by atoms with van der Waals surface area (Å²) in [6.45, 7) is 58.7. The highest BCUT2D eigenvalue weighted by atomic mass is 15.2. The predicted octanol–water partition coefficient (Wildman–Crippen LogP) is 28.4. The summed E-state index contributed by atoms with van der Waals surface area (Å²) in [6.07, 6.45) is 2.35. The molecule has 0 atom stereocenters. The fraction of sp³-hybridized carbons (Fsp3) is 0.333. The average molecular weight is 1480 g/mol. The lowest BCUT2D eigenvalue weighted by Crippen LogP contribution is -2.61. The van der Waals surface area contributed by atoms with Crippen molar-refractivity contribution >= 4 is 101 Å². The summed E-state index contributed by atoms with van der Waals surface area (Å²) in [6, 6.07) is 92.5. The van der Waals surface area contributed by atoms with Crippen molar-refractivity contribution in [1.82, 2.24) is 9.13 Å². The Morgan fingerprint density at radius 3 is 0.894 bits per heavy atom. The lowest BCUT2D eigenvalue weighted by atomic mass is 9.33. The fourth-order valence-corrected chi connectivity index (χ4v) is 18.6. The lowest BCUT2D eigenvalue weighted by molar-refractivity contribution is 0.332. The molecule has 14 aromatic rings. The van der Waals surface area contributed by atoms with Crippen LogP contribution in [-0.4, -0.2) is 15.8 Å². The molecule has 2 aliphatic heterocycles. The van der Waals surface area contributed by atoms with E-state index in [9.17, 15) is 0 Å². The first-order chi connectivity index (χ1) is 52.9. The van der Waals surface area contributed by atoms with E-state index in [2.05, 4.69) is 423 Å². The first-order valence-electron chi connectivity index (χ1n) is 41.8. The molecule has 2 aromatic heterocycles. The molecule has 0 saturated heterocycles. The van der Waals surface area contributed by atoms with Gasteiger partial charge >= 0.3 is 0 Å². The van der Waals surface area contributed by atoms with E-state index >= 15 is 0 Å². The maximum atomic E-state index is 2.65. The molecule has 12 aromatic carbocycles. The molecule has 0 saturated carbocycles. The van der Waals surface area contributed by atoms with Gasteiger partial charge in [0.05, 0.1) is 22.1 Å². The molecular formula is C108H117BN4. The average Bonchev–Trinajstić information content (AvgIpc) is 1.42. The van der Waals surface area contributed by atoms with Gasteiger partial charge in [0.15, 0.2) is 0 Å². The first kappa shape index (κ1) is 75.6. The molecule has 0 amide bonds. The molecule has 0 spiro atoms. The van der Waals surface area contributed by atoms with Crippen LogP contribution in [-0.2, 0) is 48.7 Å². The molecular weight excluding hydrogens is 1360 g/mol. The number of nitrogens with zero attached hydrogens (tertiary/aromatic N) is 4. The summed E-state index contributed by atoms with van der Waals surface area (Å²) in [4.78, 5) is 5.30. The van der Waals surface area contributed by atoms with Crippen LogP contribution in [0.15, 0.2) is 231 Å². The fourth-order valence-electron chi connectivity index (χ4n) is 18.6. The maximum Gasteiger partial charge on any atom is 0.252 e. The van der Waals surface area contributed by atoms with Gasteiger partial charge in [-0.2, -0.15) is 0 Å². The second kappa shape index (κ2) is 25.7. The van der Waals surface area contributed by atoms with E-state index in [0.29, 0.717) is 0 Å².